The van der Waals surface area contributed by atoms with Gasteiger partial charge in [-0.05, 0) is 23.7 Å². The molecule has 152 valence electrons. The van der Waals surface area contributed by atoms with Gasteiger partial charge in [0.15, 0.2) is 8.32 Å². The van der Waals surface area contributed by atoms with Gasteiger partial charge in [0.1, 0.15) is 6.61 Å². The summed E-state index contributed by atoms with van der Waals surface area (Å²) in [6.45, 7) is 15.4. The molecule has 1 N–H and O–H groups in total. The van der Waals surface area contributed by atoms with Crippen LogP contribution in [0.3, 0.4) is 0 Å². The zero-order valence-corrected chi connectivity index (χ0v) is 18.7. The number of hydrogen-bond donors (Lipinski definition) is 1. The van der Waals surface area contributed by atoms with Crippen LogP contribution in [0.4, 0.5) is 4.79 Å². The fourth-order valence-corrected chi connectivity index (χ4v) is 2.99. The van der Waals surface area contributed by atoms with E-state index in [2.05, 4.69) is 45.8 Å². The Morgan fingerprint density at radius 2 is 1.85 bits per heavy atom. The van der Waals surface area contributed by atoms with Crippen molar-refractivity contribution in [2.24, 2.45) is 0 Å². The molecule has 0 aromatic heterocycles. The number of nitrogens with zero attached hydrogens (tertiary/aromatic N) is 1. The average molecular weight is 395 g/mol. The van der Waals surface area contributed by atoms with Crippen molar-refractivity contribution >= 4 is 14.4 Å². The summed E-state index contributed by atoms with van der Waals surface area (Å²) in [7, 11) is 1.31. The first kappa shape index (κ1) is 23.2. The molecule has 0 bridgehead atoms. The molecular formula is C20H34N2O4Si. The summed E-state index contributed by atoms with van der Waals surface area (Å²) in [6, 6.07) is 9.09. The molecule has 1 amide bonds. The van der Waals surface area contributed by atoms with E-state index in [9.17, 15) is 4.79 Å². The summed E-state index contributed by atoms with van der Waals surface area (Å²) in [5, 5.41) is 4.42. The molecule has 0 radical (unpaired) electrons. The Morgan fingerprint density at radius 1 is 1.26 bits per heavy atom. The van der Waals surface area contributed by atoms with Gasteiger partial charge in [-0.2, -0.15) is 0 Å². The maximum absolute atomic E-state index is 12.3. The first-order valence-electron chi connectivity index (χ1n) is 9.05. The van der Waals surface area contributed by atoms with Crippen molar-refractivity contribution in [2.45, 2.75) is 51.6 Å². The Bertz CT molecular complexity index is 614. The highest BCUT2D eigenvalue weighted by Crippen LogP contribution is 2.36. The van der Waals surface area contributed by atoms with Gasteiger partial charge in [-0.1, -0.05) is 57.7 Å². The lowest BCUT2D eigenvalue weighted by Crippen LogP contribution is -2.48. The average Bonchev–Trinajstić information content (AvgIpc) is 2.62. The van der Waals surface area contributed by atoms with E-state index in [1.165, 1.54) is 5.06 Å². The van der Waals surface area contributed by atoms with Crippen LogP contribution in [-0.2, 0) is 20.6 Å². The van der Waals surface area contributed by atoms with Gasteiger partial charge < -0.3 is 14.5 Å². The summed E-state index contributed by atoms with van der Waals surface area (Å²) in [6.07, 6.45) is -0.520. The molecule has 0 aliphatic heterocycles. The smallest absolute Gasteiger partial charge is 0.408 e. The number of hydroxylamine groups is 2. The molecular weight excluding hydrogens is 360 g/mol. The van der Waals surface area contributed by atoms with Gasteiger partial charge in [-0.15, -0.1) is 0 Å². The number of carbonyl (C=O) groups is 1. The molecule has 0 unspecified atom stereocenters. The van der Waals surface area contributed by atoms with E-state index in [0.29, 0.717) is 12.3 Å². The number of rotatable bonds is 9. The van der Waals surface area contributed by atoms with E-state index in [1.807, 2.05) is 30.3 Å². The van der Waals surface area contributed by atoms with Crippen molar-refractivity contribution in [3.8, 4) is 0 Å². The molecule has 0 fully saturated rings. The second-order valence-electron chi connectivity index (χ2n) is 8.00. The van der Waals surface area contributed by atoms with E-state index in [4.69, 9.17) is 14.0 Å². The molecule has 0 aliphatic rings. The predicted octanol–water partition coefficient (Wildman–Crippen LogP) is 4.31. The Morgan fingerprint density at radius 3 is 2.37 bits per heavy atom. The lowest BCUT2D eigenvalue weighted by molar-refractivity contribution is -0.0838. The molecule has 0 saturated heterocycles. The van der Waals surface area contributed by atoms with Crippen molar-refractivity contribution in [3.05, 3.63) is 48.2 Å². The summed E-state index contributed by atoms with van der Waals surface area (Å²) >= 11 is 0. The van der Waals surface area contributed by atoms with Crippen molar-refractivity contribution < 1.29 is 18.8 Å². The van der Waals surface area contributed by atoms with Crippen LogP contribution in [0, 0.1) is 0 Å². The van der Waals surface area contributed by atoms with E-state index < -0.39 is 20.5 Å². The quantitative estimate of drug-likeness (QED) is 0.499. The molecule has 1 aromatic carbocycles. The van der Waals surface area contributed by atoms with Crippen LogP contribution in [0.25, 0.3) is 0 Å². The molecule has 1 aromatic rings. The van der Waals surface area contributed by atoms with Crippen LogP contribution in [0.1, 0.15) is 26.3 Å². The Balaban J connectivity index is 2.73. The van der Waals surface area contributed by atoms with Crippen LogP contribution in [-0.4, -0.2) is 46.3 Å². The van der Waals surface area contributed by atoms with Crippen molar-refractivity contribution in [1.29, 1.82) is 0 Å². The van der Waals surface area contributed by atoms with Crippen LogP contribution < -0.4 is 5.32 Å². The van der Waals surface area contributed by atoms with Gasteiger partial charge in [0, 0.05) is 7.05 Å². The minimum Gasteiger partial charge on any atom is -0.445 e. The predicted molar refractivity (Wildman–Crippen MR) is 111 cm³/mol. The molecule has 6 nitrogen and oxygen atoms in total. The minimum atomic E-state index is -1.97. The standard InChI is InChI=1S/C20H34N2O4Si/c1-16(22(5)24-6)18(15-26-27(7,8)20(2,3)4)21-19(23)25-14-17-12-10-9-11-13-17/h9-13,18H,1,14-15H2,2-8H3,(H,21,23)/t18-/m1/s1. The van der Waals surface area contributed by atoms with Crippen molar-refractivity contribution in [1.82, 2.24) is 10.4 Å². The van der Waals surface area contributed by atoms with E-state index >= 15 is 0 Å². The lowest BCUT2D eigenvalue weighted by atomic mass is 10.2. The SMILES string of the molecule is C=C([C@@H](CO[Si](C)(C)C(C)(C)C)NC(=O)OCc1ccccc1)N(C)OC. The maximum atomic E-state index is 12.3. The maximum Gasteiger partial charge on any atom is 0.408 e. The molecule has 0 heterocycles. The second kappa shape index (κ2) is 9.92. The third kappa shape index (κ3) is 7.36. The normalized spacial score (nSPS) is 13.0. The fraction of sp³-hybridized carbons (Fsp3) is 0.550. The van der Waals surface area contributed by atoms with Crippen molar-refractivity contribution in [3.63, 3.8) is 0 Å². The highest BCUT2D eigenvalue weighted by atomic mass is 28.4. The van der Waals surface area contributed by atoms with Gasteiger partial charge in [0.05, 0.1) is 25.5 Å². The third-order valence-corrected chi connectivity index (χ3v) is 9.50. The number of alkyl carbamates (subject to hydrolysis) is 1. The molecule has 7 heteroatoms. The van der Waals surface area contributed by atoms with Gasteiger partial charge in [-0.25, -0.2) is 4.79 Å². The zero-order chi connectivity index (χ0) is 20.7. The number of benzene rings is 1. The molecule has 0 saturated carbocycles. The first-order chi connectivity index (χ1) is 12.5. The Labute approximate surface area is 164 Å². The highest BCUT2D eigenvalue weighted by molar-refractivity contribution is 6.74. The molecule has 0 spiro atoms. The van der Waals surface area contributed by atoms with Gasteiger partial charge >= 0.3 is 6.09 Å². The van der Waals surface area contributed by atoms with Gasteiger partial charge in [-0.3, -0.25) is 9.90 Å². The van der Waals surface area contributed by atoms with Crippen LogP contribution in [0.15, 0.2) is 42.6 Å². The monoisotopic (exact) mass is 394 g/mol. The van der Waals surface area contributed by atoms with Gasteiger partial charge in [0.2, 0.25) is 0 Å². The van der Waals surface area contributed by atoms with Crippen molar-refractivity contribution in [2.75, 3.05) is 20.8 Å². The second-order valence-corrected chi connectivity index (χ2v) is 12.8. The number of carbonyl (C=O) groups excluding carboxylic acids is 1. The van der Waals surface area contributed by atoms with Crippen LogP contribution in [0.2, 0.25) is 18.1 Å². The number of hydrogen-bond acceptors (Lipinski definition) is 5. The fourth-order valence-electron chi connectivity index (χ4n) is 1.97. The van der Waals surface area contributed by atoms with Gasteiger partial charge in [0.25, 0.3) is 0 Å². The topological polar surface area (TPSA) is 60.0 Å². The lowest BCUT2D eigenvalue weighted by Gasteiger charge is -2.38. The molecule has 1 atom stereocenters. The molecule has 0 aliphatic carbocycles. The number of amides is 1. The van der Waals surface area contributed by atoms with Crippen LogP contribution >= 0.6 is 0 Å². The minimum absolute atomic E-state index is 0.0693. The van der Waals surface area contributed by atoms with E-state index in [0.717, 1.165) is 5.56 Å². The third-order valence-electron chi connectivity index (χ3n) is 5.00. The number of ether oxygens (including phenoxy) is 1. The Hall–Kier alpha value is -1.83. The summed E-state index contributed by atoms with van der Waals surface area (Å²) < 4.78 is 11.6. The largest absolute Gasteiger partial charge is 0.445 e. The molecule has 27 heavy (non-hydrogen) atoms. The summed E-state index contributed by atoms with van der Waals surface area (Å²) in [5.41, 5.74) is 1.52. The van der Waals surface area contributed by atoms with E-state index in [-0.39, 0.29) is 11.6 Å². The summed E-state index contributed by atoms with van der Waals surface area (Å²) in [5.74, 6) is 0. The first-order valence-corrected chi connectivity index (χ1v) is 12.0. The summed E-state index contributed by atoms with van der Waals surface area (Å²) in [4.78, 5) is 17.5. The number of likely N-dealkylation sites (N-methyl/N-ethyl adjacent to an activating group) is 1. The van der Waals surface area contributed by atoms with E-state index in [1.54, 1.807) is 14.2 Å². The highest BCUT2D eigenvalue weighted by Gasteiger charge is 2.38. The number of nitrogens with one attached hydrogen (secondary N) is 1. The van der Waals surface area contributed by atoms with Crippen LogP contribution in [0.5, 0.6) is 0 Å². The Kier molecular flexibility index (Phi) is 8.52. The zero-order valence-electron chi connectivity index (χ0n) is 17.7. The molecule has 1 rings (SSSR count).